The third-order valence-corrected chi connectivity index (χ3v) is 4.57. The van der Waals surface area contributed by atoms with Gasteiger partial charge in [-0.25, -0.2) is 0 Å². The van der Waals surface area contributed by atoms with Crippen molar-refractivity contribution in [2.24, 2.45) is 0 Å². The molecule has 1 atom stereocenters. The van der Waals surface area contributed by atoms with Crippen molar-refractivity contribution in [2.45, 2.75) is 25.9 Å². The summed E-state index contributed by atoms with van der Waals surface area (Å²) in [6.07, 6.45) is -0.739. The smallest absolute Gasteiger partial charge is 0.269 e. The zero-order chi connectivity index (χ0) is 19.0. The largest absolute Gasteiger partial charge is 0.485 e. The van der Waals surface area contributed by atoms with Crippen LogP contribution in [0.2, 0.25) is 0 Å². The van der Waals surface area contributed by atoms with Gasteiger partial charge in [-0.3, -0.25) is 9.59 Å². The van der Waals surface area contributed by atoms with Crippen molar-refractivity contribution in [3.63, 3.8) is 0 Å². The Morgan fingerprint density at radius 1 is 1.15 bits per heavy atom. The van der Waals surface area contributed by atoms with E-state index < -0.39 is 6.10 Å². The van der Waals surface area contributed by atoms with E-state index in [1.807, 2.05) is 38.1 Å². The van der Waals surface area contributed by atoms with Gasteiger partial charge in [0.1, 0.15) is 6.61 Å². The van der Waals surface area contributed by atoms with Crippen molar-refractivity contribution >= 4 is 22.5 Å². The number of anilines is 1. The molecule has 1 aromatic heterocycles. The molecule has 0 bridgehead atoms. The van der Waals surface area contributed by atoms with E-state index in [4.69, 9.17) is 9.47 Å². The molecule has 1 aliphatic rings. The average molecular weight is 364 g/mol. The van der Waals surface area contributed by atoms with Gasteiger partial charge in [-0.1, -0.05) is 32.0 Å². The molecule has 3 aromatic rings. The van der Waals surface area contributed by atoms with E-state index in [2.05, 4.69) is 10.3 Å². The molecule has 2 N–H and O–H groups in total. The molecule has 0 fully saturated rings. The number of aromatic nitrogens is 1. The number of hydrogen-bond donors (Lipinski definition) is 2. The Bertz CT molecular complexity index is 1070. The summed E-state index contributed by atoms with van der Waals surface area (Å²) >= 11 is 0. The number of ether oxygens (including phenoxy) is 2. The highest BCUT2D eigenvalue weighted by Gasteiger charge is 2.27. The van der Waals surface area contributed by atoms with Crippen LogP contribution in [0.4, 0.5) is 5.69 Å². The highest BCUT2D eigenvalue weighted by Crippen LogP contribution is 2.31. The molecule has 0 aliphatic carbocycles. The van der Waals surface area contributed by atoms with Gasteiger partial charge in [0, 0.05) is 17.1 Å². The van der Waals surface area contributed by atoms with Gasteiger partial charge in [0.15, 0.2) is 11.5 Å². The molecule has 27 heavy (non-hydrogen) atoms. The minimum Gasteiger partial charge on any atom is -0.485 e. The fourth-order valence-corrected chi connectivity index (χ4v) is 3.21. The molecular formula is C21H20N2O4. The van der Waals surface area contributed by atoms with Crippen LogP contribution in [0.5, 0.6) is 11.5 Å². The number of aromatic amines is 1. The lowest BCUT2D eigenvalue weighted by Gasteiger charge is -2.25. The predicted octanol–water partition coefficient (Wildman–Crippen LogP) is 3.43. The minimum absolute atomic E-state index is 0.144. The highest BCUT2D eigenvalue weighted by atomic mass is 16.6. The summed E-state index contributed by atoms with van der Waals surface area (Å²) in [6.45, 7) is 4.23. The summed E-state index contributed by atoms with van der Waals surface area (Å²) in [5.74, 6) is 1.11. The maximum atomic E-state index is 12.6. The summed E-state index contributed by atoms with van der Waals surface area (Å²) in [5, 5.41) is 3.80. The predicted molar refractivity (Wildman–Crippen MR) is 104 cm³/mol. The lowest BCUT2D eigenvalue weighted by molar-refractivity contribution is -0.125. The molecule has 1 amide bonds. The third-order valence-electron chi connectivity index (χ3n) is 4.57. The van der Waals surface area contributed by atoms with Crippen LogP contribution in [0.1, 0.15) is 25.3 Å². The first kappa shape index (κ1) is 17.1. The highest BCUT2D eigenvalue weighted by molar-refractivity contribution is 5.97. The molecule has 6 heteroatoms. The first-order valence-corrected chi connectivity index (χ1v) is 8.87. The van der Waals surface area contributed by atoms with Crippen molar-refractivity contribution in [3.8, 4) is 11.5 Å². The molecular weight excluding hydrogens is 344 g/mol. The molecule has 0 saturated heterocycles. The van der Waals surface area contributed by atoms with Gasteiger partial charge in [0.2, 0.25) is 11.7 Å². The number of benzene rings is 2. The number of H-pyrrole nitrogens is 1. The standard InChI is InChI=1S/C21H20N2O4/c1-12(2)15-10-20(24)23-16-9-13(7-8-14(15)16)22-21(25)19-11-26-17-5-3-4-6-18(17)27-19/h3-10,12,19H,11H2,1-2H3,(H,22,25)(H,23,24). The number of hydrogen-bond acceptors (Lipinski definition) is 4. The van der Waals surface area contributed by atoms with Crippen LogP contribution in [-0.2, 0) is 4.79 Å². The SMILES string of the molecule is CC(C)c1cc(=O)[nH]c2cc(NC(=O)C3COc4ccccc4O3)ccc12. The van der Waals surface area contributed by atoms with Crippen LogP contribution in [0.3, 0.4) is 0 Å². The number of pyridine rings is 1. The zero-order valence-electron chi connectivity index (χ0n) is 15.1. The first-order chi connectivity index (χ1) is 13.0. The summed E-state index contributed by atoms with van der Waals surface area (Å²) in [7, 11) is 0. The average Bonchev–Trinajstić information content (AvgIpc) is 2.66. The van der Waals surface area contributed by atoms with Crippen LogP contribution in [-0.4, -0.2) is 23.6 Å². The summed E-state index contributed by atoms with van der Waals surface area (Å²) < 4.78 is 11.3. The Kier molecular flexibility index (Phi) is 4.32. The minimum atomic E-state index is -0.739. The van der Waals surface area contributed by atoms with Crippen LogP contribution in [0, 0.1) is 0 Å². The summed E-state index contributed by atoms with van der Waals surface area (Å²) in [4.78, 5) is 27.3. The zero-order valence-corrected chi connectivity index (χ0v) is 15.1. The maximum Gasteiger partial charge on any atom is 0.269 e. The van der Waals surface area contributed by atoms with Gasteiger partial charge >= 0.3 is 0 Å². The molecule has 0 spiro atoms. The number of para-hydroxylation sites is 2. The third kappa shape index (κ3) is 3.38. The molecule has 1 aliphatic heterocycles. The van der Waals surface area contributed by atoms with Crippen molar-refractivity contribution in [2.75, 3.05) is 11.9 Å². The van der Waals surface area contributed by atoms with E-state index in [-0.39, 0.29) is 24.0 Å². The van der Waals surface area contributed by atoms with Gasteiger partial charge in [-0.15, -0.1) is 0 Å². The fraction of sp³-hybridized carbons (Fsp3) is 0.238. The number of carbonyl (C=O) groups excluding carboxylic acids is 1. The Hall–Kier alpha value is -3.28. The number of carbonyl (C=O) groups is 1. The maximum absolute atomic E-state index is 12.6. The second kappa shape index (κ2) is 6.79. The topological polar surface area (TPSA) is 80.4 Å². The van der Waals surface area contributed by atoms with Crippen molar-refractivity contribution in [1.29, 1.82) is 0 Å². The van der Waals surface area contributed by atoms with Gasteiger partial charge in [-0.05, 0) is 35.7 Å². The first-order valence-electron chi connectivity index (χ1n) is 8.87. The number of fused-ring (bicyclic) bond motifs is 2. The van der Waals surface area contributed by atoms with E-state index in [9.17, 15) is 9.59 Å². The normalized spacial score (nSPS) is 15.7. The monoisotopic (exact) mass is 364 g/mol. The lowest BCUT2D eigenvalue weighted by atomic mass is 9.99. The number of amides is 1. The van der Waals surface area contributed by atoms with Gasteiger partial charge in [-0.2, -0.15) is 0 Å². The van der Waals surface area contributed by atoms with Crippen LogP contribution in [0.15, 0.2) is 53.3 Å². The van der Waals surface area contributed by atoms with Gasteiger partial charge in [0.25, 0.3) is 5.91 Å². The molecule has 0 radical (unpaired) electrons. The molecule has 2 heterocycles. The second-order valence-electron chi connectivity index (χ2n) is 6.86. The summed E-state index contributed by atoms with van der Waals surface area (Å²) in [5.41, 5.74) is 2.10. The van der Waals surface area contributed by atoms with Crippen molar-refractivity contribution < 1.29 is 14.3 Å². The molecule has 2 aromatic carbocycles. The number of rotatable bonds is 3. The van der Waals surface area contributed by atoms with Crippen molar-refractivity contribution in [1.82, 2.24) is 4.98 Å². The molecule has 4 rings (SSSR count). The molecule has 1 unspecified atom stereocenters. The van der Waals surface area contributed by atoms with Crippen molar-refractivity contribution in [3.05, 3.63) is 64.4 Å². The van der Waals surface area contributed by atoms with E-state index >= 15 is 0 Å². The molecule has 6 nitrogen and oxygen atoms in total. The Morgan fingerprint density at radius 3 is 2.70 bits per heavy atom. The molecule has 138 valence electrons. The number of nitrogens with one attached hydrogen (secondary N) is 2. The second-order valence-corrected chi connectivity index (χ2v) is 6.86. The van der Waals surface area contributed by atoms with E-state index in [1.165, 1.54) is 0 Å². The Morgan fingerprint density at radius 2 is 1.93 bits per heavy atom. The lowest BCUT2D eigenvalue weighted by Crippen LogP contribution is -2.40. The van der Waals surface area contributed by atoms with Crippen LogP contribution in [0.25, 0.3) is 10.9 Å². The Balaban J connectivity index is 1.57. The van der Waals surface area contributed by atoms with E-state index in [1.54, 1.807) is 24.3 Å². The Labute approximate surface area is 156 Å². The van der Waals surface area contributed by atoms with Gasteiger partial charge in [0.05, 0.1) is 5.52 Å². The van der Waals surface area contributed by atoms with E-state index in [0.29, 0.717) is 22.7 Å². The van der Waals surface area contributed by atoms with Crippen LogP contribution < -0.4 is 20.3 Å². The summed E-state index contributed by atoms with van der Waals surface area (Å²) in [6, 6.07) is 14.4. The van der Waals surface area contributed by atoms with Crippen LogP contribution >= 0.6 is 0 Å². The van der Waals surface area contributed by atoms with E-state index in [0.717, 1.165) is 10.9 Å². The van der Waals surface area contributed by atoms with Gasteiger partial charge < -0.3 is 19.8 Å². The quantitative estimate of drug-likeness (QED) is 0.746. The molecule has 0 saturated carbocycles. The fourth-order valence-electron chi connectivity index (χ4n) is 3.21.